The molecule has 0 aliphatic rings. The van der Waals surface area contributed by atoms with Gasteiger partial charge in [0.2, 0.25) is 0 Å². The highest BCUT2D eigenvalue weighted by Crippen LogP contribution is 2.29. The lowest BCUT2D eigenvalue weighted by molar-refractivity contribution is -0.167. The van der Waals surface area contributed by atoms with Crippen LogP contribution in [-0.2, 0) is 11.3 Å². The zero-order valence-corrected chi connectivity index (χ0v) is 12.9. The van der Waals surface area contributed by atoms with E-state index < -0.39 is 18.1 Å². The number of rotatable bonds is 4. The summed E-state index contributed by atoms with van der Waals surface area (Å²) in [4.78, 5) is 22.7. The number of carbonyl (C=O) groups is 2. The third-order valence-corrected chi connectivity index (χ3v) is 3.72. The minimum atomic E-state index is -5.11. The first kappa shape index (κ1) is 17.6. The molecular weight excluding hydrogens is 325 g/mol. The van der Waals surface area contributed by atoms with E-state index in [2.05, 4.69) is 0 Å². The first-order valence-electron chi connectivity index (χ1n) is 6.98. The molecule has 0 saturated carbocycles. The van der Waals surface area contributed by atoms with Gasteiger partial charge in [-0.25, -0.2) is 4.79 Å². The predicted molar refractivity (Wildman–Crippen MR) is 81.1 cm³/mol. The number of alkyl halides is 3. The van der Waals surface area contributed by atoms with Gasteiger partial charge in [0.1, 0.15) is 11.4 Å². The number of nitrogens with one attached hydrogen (secondary N) is 1. The highest BCUT2D eigenvalue weighted by molar-refractivity contribution is 6.02. The smallest absolute Gasteiger partial charge is 0.471 e. The van der Waals surface area contributed by atoms with Crippen LogP contribution in [0.15, 0.2) is 30.3 Å². The summed E-state index contributed by atoms with van der Waals surface area (Å²) in [5.74, 6) is -3.99. The number of aromatic carboxylic acids is 1. The molecule has 0 fully saturated rings. The number of nitrogens with zero attached hydrogens (tertiary/aromatic N) is 1. The second-order valence-corrected chi connectivity index (χ2v) is 5.26. The van der Waals surface area contributed by atoms with Gasteiger partial charge in [0.05, 0.1) is 0 Å². The van der Waals surface area contributed by atoms with Gasteiger partial charge in [-0.05, 0) is 25.0 Å². The number of carbonyl (C=O) groups excluding carboxylic acids is 1. The highest BCUT2D eigenvalue weighted by atomic mass is 19.4. The molecule has 8 heteroatoms. The van der Waals surface area contributed by atoms with Crippen LogP contribution in [0.2, 0.25) is 0 Å². The molecule has 2 aromatic rings. The number of aromatic nitrogens is 1. The molecule has 24 heavy (non-hydrogen) atoms. The molecular formula is C16H15F3N2O3. The Morgan fingerprint density at radius 3 is 2.25 bits per heavy atom. The summed E-state index contributed by atoms with van der Waals surface area (Å²) in [7, 11) is 0. The van der Waals surface area contributed by atoms with Crippen molar-refractivity contribution in [2.24, 2.45) is 0 Å². The first-order chi connectivity index (χ1) is 11.1. The van der Waals surface area contributed by atoms with E-state index in [1.54, 1.807) is 42.6 Å². The molecule has 1 aromatic heterocycles. The van der Waals surface area contributed by atoms with Gasteiger partial charge < -0.3 is 15.0 Å². The average Bonchev–Trinajstić information content (AvgIpc) is 2.72. The highest BCUT2D eigenvalue weighted by Gasteiger charge is 2.40. The minimum Gasteiger partial charge on any atom is -0.478 e. The van der Waals surface area contributed by atoms with E-state index in [9.17, 15) is 27.9 Å². The van der Waals surface area contributed by atoms with Gasteiger partial charge in [0.25, 0.3) is 0 Å². The van der Waals surface area contributed by atoms with Gasteiger partial charge in [-0.15, -0.1) is 0 Å². The summed E-state index contributed by atoms with van der Waals surface area (Å²) in [5.41, 5.74) is 1.18. The summed E-state index contributed by atoms with van der Waals surface area (Å²) < 4.78 is 39.1. The number of halogens is 3. The Bertz CT molecular complexity index is 780. The number of anilines is 1. The number of hydrogen-bond acceptors (Lipinski definition) is 2. The van der Waals surface area contributed by atoms with Crippen LogP contribution >= 0.6 is 0 Å². The molecule has 0 spiro atoms. The van der Waals surface area contributed by atoms with E-state index in [0.29, 0.717) is 11.3 Å². The maximum absolute atomic E-state index is 12.6. The van der Waals surface area contributed by atoms with E-state index >= 15 is 0 Å². The van der Waals surface area contributed by atoms with Gasteiger partial charge in [-0.2, -0.15) is 13.2 Å². The van der Waals surface area contributed by atoms with Crippen molar-refractivity contribution in [2.75, 3.05) is 5.32 Å². The van der Waals surface area contributed by atoms with E-state index in [4.69, 9.17) is 0 Å². The standard InChI is InChI=1S/C16H15F3N2O3/c1-9-10(2)21(8-11-6-4-3-5-7-11)13(12(9)14(22)23)20-15(24)16(17,18)19/h3-7H,8H2,1-2H3,(H,20,24)(H,22,23). The van der Waals surface area contributed by atoms with Gasteiger partial charge in [-0.3, -0.25) is 4.79 Å². The molecule has 1 amide bonds. The van der Waals surface area contributed by atoms with E-state index in [-0.39, 0.29) is 17.9 Å². The first-order valence-corrected chi connectivity index (χ1v) is 6.98. The quantitative estimate of drug-likeness (QED) is 0.897. The molecule has 5 nitrogen and oxygen atoms in total. The van der Waals surface area contributed by atoms with Crippen LogP contribution in [0.4, 0.5) is 19.0 Å². The third-order valence-electron chi connectivity index (χ3n) is 3.72. The Morgan fingerprint density at radius 2 is 1.75 bits per heavy atom. The number of benzene rings is 1. The molecule has 2 rings (SSSR count). The van der Waals surface area contributed by atoms with Crippen molar-refractivity contribution >= 4 is 17.7 Å². The fourth-order valence-electron chi connectivity index (χ4n) is 2.40. The molecule has 0 aliphatic heterocycles. The number of hydrogen-bond donors (Lipinski definition) is 2. The van der Waals surface area contributed by atoms with Crippen molar-refractivity contribution in [2.45, 2.75) is 26.6 Å². The Balaban J connectivity index is 2.54. The summed E-state index contributed by atoms with van der Waals surface area (Å²) in [6.07, 6.45) is -5.11. The van der Waals surface area contributed by atoms with Crippen LogP contribution in [0.3, 0.4) is 0 Å². The molecule has 1 heterocycles. The number of carboxylic acid groups (broad SMARTS) is 1. The summed E-state index contributed by atoms with van der Waals surface area (Å²) in [6.45, 7) is 3.21. The van der Waals surface area contributed by atoms with Crippen molar-refractivity contribution in [3.8, 4) is 0 Å². The van der Waals surface area contributed by atoms with E-state index in [1.165, 1.54) is 11.5 Å². The lowest BCUT2D eigenvalue weighted by atomic mass is 10.1. The average molecular weight is 340 g/mol. The van der Waals surface area contributed by atoms with Gasteiger partial charge in [0, 0.05) is 12.2 Å². The van der Waals surface area contributed by atoms with Crippen molar-refractivity contribution in [3.63, 3.8) is 0 Å². The van der Waals surface area contributed by atoms with Crippen molar-refractivity contribution in [1.29, 1.82) is 0 Å². The maximum Gasteiger partial charge on any atom is 0.471 e. The van der Waals surface area contributed by atoms with Gasteiger partial charge in [0.15, 0.2) is 0 Å². The zero-order valence-electron chi connectivity index (χ0n) is 12.9. The maximum atomic E-state index is 12.6. The largest absolute Gasteiger partial charge is 0.478 e. The van der Waals surface area contributed by atoms with Crippen LogP contribution in [-0.4, -0.2) is 27.7 Å². The normalized spacial score (nSPS) is 11.4. The monoisotopic (exact) mass is 340 g/mol. The molecule has 0 atom stereocenters. The molecule has 0 aliphatic carbocycles. The molecule has 0 radical (unpaired) electrons. The fraction of sp³-hybridized carbons (Fsp3) is 0.250. The second-order valence-electron chi connectivity index (χ2n) is 5.26. The lowest BCUT2D eigenvalue weighted by Crippen LogP contribution is -2.31. The summed E-state index contributed by atoms with van der Waals surface area (Å²) in [6, 6.07) is 8.81. The summed E-state index contributed by atoms with van der Waals surface area (Å²) in [5, 5.41) is 11.0. The fourth-order valence-corrected chi connectivity index (χ4v) is 2.40. The molecule has 0 unspecified atom stereocenters. The van der Waals surface area contributed by atoms with Gasteiger partial charge in [-0.1, -0.05) is 30.3 Å². The summed E-state index contributed by atoms with van der Waals surface area (Å²) >= 11 is 0. The number of amides is 1. The Labute approximate surface area is 135 Å². The van der Waals surface area contributed by atoms with Crippen LogP contribution in [0.5, 0.6) is 0 Å². The second kappa shape index (κ2) is 6.38. The molecule has 0 bridgehead atoms. The molecule has 2 N–H and O–H groups in total. The predicted octanol–water partition coefficient (Wildman–Crippen LogP) is 3.35. The molecule has 0 saturated heterocycles. The molecule has 128 valence electrons. The third kappa shape index (κ3) is 3.42. The Morgan fingerprint density at radius 1 is 1.17 bits per heavy atom. The van der Waals surface area contributed by atoms with Crippen LogP contribution in [0, 0.1) is 13.8 Å². The Hall–Kier alpha value is -2.77. The van der Waals surface area contributed by atoms with Crippen molar-refractivity contribution in [1.82, 2.24) is 4.57 Å². The van der Waals surface area contributed by atoms with Crippen molar-refractivity contribution in [3.05, 3.63) is 52.7 Å². The van der Waals surface area contributed by atoms with Crippen molar-refractivity contribution < 1.29 is 27.9 Å². The van der Waals surface area contributed by atoms with E-state index in [1.807, 2.05) is 0 Å². The van der Waals surface area contributed by atoms with Gasteiger partial charge >= 0.3 is 18.1 Å². The van der Waals surface area contributed by atoms with Crippen LogP contribution in [0.1, 0.15) is 27.2 Å². The molecule has 1 aromatic carbocycles. The number of carboxylic acids is 1. The van der Waals surface area contributed by atoms with Crippen LogP contribution in [0.25, 0.3) is 0 Å². The van der Waals surface area contributed by atoms with Crippen LogP contribution < -0.4 is 5.32 Å². The lowest BCUT2D eigenvalue weighted by Gasteiger charge is -2.14. The zero-order chi connectivity index (χ0) is 18.1. The topological polar surface area (TPSA) is 71.3 Å². The minimum absolute atomic E-state index is 0.133. The Kier molecular flexibility index (Phi) is 4.68. The van der Waals surface area contributed by atoms with E-state index in [0.717, 1.165) is 5.56 Å². The SMILES string of the molecule is Cc1c(C(=O)O)c(NC(=O)C(F)(F)F)n(Cc2ccccc2)c1C.